The number of carboxylic acid groups (broad SMARTS) is 1. The van der Waals surface area contributed by atoms with Gasteiger partial charge in [0, 0.05) is 42.3 Å². The molecule has 40 heavy (non-hydrogen) atoms. The maximum Gasteiger partial charge on any atom is 0.391 e. The topological polar surface area (TPSA) is 92.9 Å². The molecule has 5 rings (SSSR count). The minimum absolute atomic E-state index is 0.0177. The van der Waals surface area contributed by atoms with E-state index in [9.17, 15) is 27.9 Å². The Morgan fingerprint density at radius 3 is 2.42 bits per heavy atom. The molecule has 210 valence electrons. The highest BCUT2D eigenvalue weighted by Crippen LogP contribution is 2.42. The number of hydrogen-bond acceptors (Lipinski definition) is 6. The number of anilines is 1. The Labute approximate surface area is 232 Å². The van der Waals surface area contributed by atoms with Crippen molar-refractivity contribution >= 4 is 40.0 Å². The van der Waals surface area contributed by atoms with E-state index in [0.29, 0.717) is 16.2 Å². The van der Waals surface area contributed by atoms with Gasteiger partial charge in [-0.05, 0) is 49.4 Å². The number of furan rings is 1. The quantitative estimate of drug-likeness (QED) is 0.239. The van der Waals surface area contributed by atoms with Crippen LogP contribution < -0.4 is 4.90 Å². The van der Waals surface area contributed by atoms with Crippen LogP contribution in [0.3, 0.4) is 0 Å². The fourth-order valence-electron chi connectivity index (χ4n) is 5.11. The fourth-order valence-corrected chi connectivity index (χ4v) is 6.11. The number of carboxylic acids is 1. The number of rotatable bonds is 8. The molecule has 0 radical (unpaired) electrons. The Hall–Kier alpha value is -3.70. The number of nitrogens with zero attached hydrogens (tertiary/aromatic N) is 2. The largest absolute Gasteiger partial charge is 0.477 e. The molecule has 1 aliphatic rings. The number of methoxy groups -OCH3 is 1. The third-order valence-electron chi connectivity index (χ3n) is 7.26. The van der Waals surface area contributed by atoms with Crippen LogP contribution in [-0.4, -0.2) is 48.4 Å². The summed E-state index contributed by atoms with van der Waals surface area (Å²) in [5.41, 5.74) is 3.21. The second-order valence-corrected chi connectivity index (χ2v) is 10.8. The van der Waals surface area contributed by atoms with Crippen LogP contribution in [0.4, 0.5) is 18.9 Å². The van der Waals surface area contributed by atoms with Crippen molar-refractivity contribution in [3.63, 3.8) is 0 Å². The van der Waals surface area contributed by atoms with Crippen molar-refractivity contribution in [3.8, 4) is 21.8 Å². The molecule has 0 aliphatic heterocycles. The van der Waals surface area contributed by atoms with Gasteiger partial charge in [0.25, 0.3) is 0 Å². The number of fused-ring (bicyclic) bond motifs is 1. The zero-order chi connectivity index (χ0) is 28.4. The number of benzene rings is 1. The van der Waals surface area contributed by atoms with E-state index < -0.39 is 24.0 Å². The second kappa shape index (κ2) is 11.4. The average molecular weight is 573 g/mol. The van der Waals surface area contributed by atoms with Gasteiger partial charge in [0.1, 0.15) is 16.2 Å². The number of pyridine rings is 1. The van der Waals surface area contributed by atoms with E-state index in [1.54, 1.807) is 18.3 Å². The van der Waals surface area contributed by atoms with Gasteiger partial charge in [-0.3, -0.25) is 9.78 Å². The first-order valence-corrected chi connectivity index (χ1v) is 13.7. The maximum atomic E-state index is 13.5. The Kier molecular flexibility index (Phi) is 7.95. The molecular weight excluding hydrogens is 545 g/mol. The number of amides is 1. The second-order valence-electron chi connectivity index (χ2n) is 9.78. The monoisotopic (exact) mass is 572 g/mol. The summed E-state index contributed by atoms with van der Waals surface area (Å²) < 4.78 is 50.5. The lowest BCUT2D eigenvalue weighted by molar-refractivity contribution is -0.184. The summed E-state index contributed by atoms with van der Waals surface area (Å²) >= 11 is 1.04. The van der Waals surface area contributed by atoms with Crippen LogP contribution in [-0.2, 0) is 9.53 Å². The molecule has 1 amide bonds. The van der Waals surface area contributed by atoms with Crippen LogP contribution in [0.2, 0.25) is 0 Å². The van der Waals surface area contributed by atoms with Crippen LogP contribution in [0, 0.1) is 11.8 Å². The first-order valence-electron chi connectivity index (χ1n) is 12.8. The number of thiophene rings is 1. The van der Waals surface area contributed by atoms with Crippen LogP contribution in [0.15, 0.2) is 59.1 Å². The van der Waals surface area contributed by atoms with Gasteiger partial charge in [-0.25, -0.2) is 4.79 Å². The number of carbonyl (C=O) groups is 2. The molecule has 1 saturated carbocycles. The van der Waals surface area contributed by atoms with E-state index in [-0.39, 0.29) is 55.3 Å². The Morgan fingerprint density at radius 1 is 1.10 bits per heavy atom. The van der Waals surface area contributed by atoms with Gasteiger partial charge in [0.05, 0.1) is 18.2 Å². The molecule has 0 saturated heterocycles. The summed E-state index contributed by atoms with van der Waals surface area (Å²) in [4.78, 5) is 32.0. The number of carbonyl (C=O) groups excluding carboxylic acids is 1. The number of hydrogen-bond donors (Lipinski definition) is 1. The van der Waals surface area contributed by atoms with Crippen LogP contribution >= 0.6 is 11.3 Å². The van der Waals surface area contributed by atoms with Crippen molar-refractivity contribution in [3.05, 3.63) is 59.6 Å². The number of aromatic nitrogens is 1. The lowest BCUT2D eigenvalue weighted by Gasteiger charge is -2.32. The molecule has 0 bridgehead atoms. The molecule has 1 aliphatic carbocycles. The summed E-state index contributed by atoms with van der Waals surface area (Å²) in [7, 11) is 1.47. The Balaban J connectivity index is 1.41. The van der Waals surface area contributed by atoms with Crippen LogP contribution in [0.1, 0.15) is 35.4 Å². The SMILES string of the molecule is COCCN(C(=O)C1CCC(C(F)(F)F)CC1)c1cc(-c2ccc(-c3cc4ncccc4o3)cc2)sc1C(=O)O. The van der Waals surface area contributed by atoms with Gasteiger partial charge in [0.2, 0.25) is 5.91 Å². The zero-order valence-corrected chi connectivity index (χ0v) is 22.4. The highest BCUT2D eigenvalue weighted by Gasteiger charge is 2.43. The molecule has 4 aromatic rings. The van der Waals surface area contributed by atoms with E-state index in [0.717, 1.165) is 28.0 Å². The van der Waals surface area contributed by atoms with Crippen molar-refractivity contribution in [1.29, 1.82) is 0 Å². The fraction of sp³-hybridized carbons (Fsp3) is 0.345. The standard InChI is InChI=1S/C29H27F3N2O5S/c1-38-14-13-34(27(35)19-8-10-20(11-9-19)29(30,31)32)22-16-25(40-26(22)28(36)37)18-6-4-17(5-7-18)24-15-21-23(39-24)3-2-12-33-21/h2-7,12,15-16,19-20H,8-11,13-14H2,1H3,(H,36,37). The first kappa shape index (κ1) is 27.9. The maximum absolute atomic E-state index is 13.5. The van der Waals surface area contributed by atoms with Crippen molar-refractivity contribution in [2.75, 3.05) is 25.2 Å². The molecule has 0 unspecified atom stereocenters. The molecule has 11 heteroatoms. The van der Waals surface area contributed by atoms with E-state index in [1.165, 1.54) is 12.0 Å². The summed E-state index contributed by atoms with van der Waals surface area (Å²) in [5.74, 6) is -2.94. The smallest absolute Gasteiger partial charge is 0.391 e. The van der Waals surface area contributed by atoms with E-state index >= 15 is 0 Å². The number of ether oxygens (including phenoxy) is 1. The molecule has 1 aromatic carbocycles. The lowest BCUT2D eigenvalue weighted by atomic mass is 9.81. The predicted octanol–water partition coefficient (Wildman–Crippen LogP) is 7.27. The van der Waals surface area contributed by atoms with Gasteiger partial charge in [0.15, 0.2) is 5.58 Å². The summed E-state index contributed by atoms with van der Waals surface area (Å²) in [5, 5.41) is 9.98. The number of aromatic carboxylic acids is 1. The minimum atomic E-state index is -4.28. The third kappa shape index (κ3) is 5.75. The van der Waals surface area contributed by atoms with Gasteiger partial charge >= 0.3 is 12.1 Å². The van der Waals surface area contributed by atoms with Crippen molar-refractivity contribution in [2.45, 2.75) is 31.9 Å². The van der Waals surface area contributed by atoms with Crippen molar-refractivity contribution in [2.24, 2.45) is 11.8 Å². The highest BCUT2D eigenvalue weighted by molar-refractivity contribution is 7.18. The molecule has 0 spiro atoms. The number of halogens is 3. The van der Waals surface area contributed by atoms with E-state index in [2.05, 4.69) is 4.98 Å². The molecule has 0 atom stereocenters. The van der Waals surface area contributed by atoms with Crippen molar-refractivity contribution in [1.82, 2.24) is 4.98 Å². The van der Waals surface area contributed by atoms with E-state index in [1.807, 2.05) is 36.4 Å². The molecule has 3 aromatic heterocycles. The molecular formula is C29H27F3N2O5S. The van der Waals surface area contributed by atoms with E-state index in [4.69, 9.17) is 9.15 Å². The van der Waals surface area contributed by atoms with Gasteiger partial charge in [-0.15, -0.1) is 11.3 Å². The average Bonchev–Trinajstić information content (AvgIpc) is 3.58. The molecule has 3 heterocycles. The normalized spacial score (nSPS) is 17.7. The van der Waals surface area contributed by atoms with Crippen LogP contribution in [0.25, 0.3) is 32.9 Å². The number of alkyl halides is 3. The third-order valence-corrected chi connectivity index (χ3v) is 8.42. The van der Waals surface area contributed by atoms with Crippen molar-refractivity contribution < 1.29 is 37.0 Å². The minimum Gasteiger partial charge on any atom is -0.477 e. The van der Waals surface area contributed by atoms with Gasteiger partial charge in [-0.1, -0.05) is 24.3 Å². The van der Waals surface area contributed by atoms with Crippen LogP contribution in [0.5, 0.6) is 0 Å². The lowest BCUT2D eigenvalue weighted by Crippen LogP contribution is -2.41. The summed E-state index contributed by atoms with van der Waals surface area (Å²) in [6.45, 7) is 0.235. The summed E-state index contributed by atoms with van der Waals surface area (Å²) in [6.07, 6.45) is -2.62. The highest BCUT2D eigenvalue weighted by atomic mass is 32.1. The molecule has 1 fully saturated rings. The Morgan fingerprint density at radius 2 is 1.80 bits per heavy atom. The van der Waals surface area contributed by atoms with Gasteiger partial charge in [-0.2, -0.15) is 13.2 Å². The first-order chi connectivity index (χ1) is 19.2. The molecule has 7 nitrogen and oxygen atoms in total. The summed E-state index contributed by atoms with van der Waals surface area (Å²) in [6, 6.07) is 14.5. The van der Waals surface area contributed by atoms with Gasteiger partial charge < -0.3 is 19.2 Å². The Bertz CT molecular complexity index is 1470. The predicted molar refractivity (Wildman–Crippen MR) is 145 cm³/mol. The zero-order valence-electron chi connectivity index (χ0n) is 21.6. The molecule has 1 N–H and O–H groups in total.